The van der Waals surface area contributed by atoms with E-state index in [1.54, 1.807) is 16.2 Å². The molecule has 2 fully saturated rings. The molecule has 5 heterocycles. The highest BCUT2D eigenvalue weighted by atomic mass is 32.1. The lowest BCUT2D eigenvalue weighted by atomic mass is 10.1. The number of aromatic nitrogens is 4. The smallest absolute Gasteiger partial charge is 0.248 e. The van der Waals surface area contributed by atoms with Gasteiger partial charge in [-0.1, -0.05) is 12.1 Å². The van der Waals surface area contributed by atoms with E-state index in [1.807, 2.05) is 24.4 Å². The van der Waals surface area contributed by atoms with Gasteiger partial charge in [0.05, 0.1) is 35.1 Å². The van der Waals surface area contributed by atoms with Gasteiger partial charge in [-0.2, -0.15) is 5.10 Å². The summed E-state index contributed by atoms with van der Waals surface area (Å²) >= 11 is 1.75. The Hall–Kier alpha value is -3.12. The number of ether oxygens (including phenoxy) is 1. The number of H-pyrrole nitrogens is 1. The second kappa shape index (κ2) is 9.74. The maximum Gasteiger partial charge on any atom is 0.248 e. The third-order valence-corrected chi connectivity index (χ3v) is 8.16. The SMILES string of the molecule is C[C@H]1CN(C(=O)CO)CCN1Cc1cc2nc(-c3cccc4[nH]ncc34)nc(N3CCOCC3)c2s1. The topological polar surface area (TPSA) is 111 Å². The molecule has 0 aliphatic carbocycles. The van der Waals surface area contributed by atoms with E-state index in [2.05, 4.69) is 33.0 Å². The quantitative estimate of drug-likeness (QED) is 0.423. The molecule has 1 amide bonds. The van der Waals surface area contributed by atoms with Crippen molar-refractivity contribution in [2.24, 2.45) is 0 Å². The van der Waals surface area contributed by atoms with E-state index in [-0.39, 0.29) is 11.9 Å². The van der Waals surface area contributed by atoms with E-state index in [9.17, 15) is 9.90 Å². The summed E-state index contributed by atoms with van der Waals surface area (Å²) in [7, 11) is 0. The van der Waals surface area contributed by atoms with Crippen molar-refractivity contribution >= 4 is 44.2 Å². The molecule has 0 bridgehead atoms. The average molecular weight is 508 g/mol. The minimum Gasteiger partial charge on any atom is -0.387 e. The number of aliphatic hydroxyl groups is 1. The first-order valence-electron chi connectivity index (χ1n) is 12.3. The van der Waals surface area contributed by atoms with Crippen molar-refractivity contribution in [1.29, 1.82) is 0 Å². The summed E-state index contributed by atoms with van der Waals surface area (Å²) in [4.78, 5) is 29.7. The number of morpholine rings is 1. The maximum absolute atomic E-state index is 11.9. The minimum atomic E-state index is -0.430. The molecule has 0 unspecified atom stereocenters. The Morgan fingerprint density at radius 2 is 2.08 bits per heavy atom. The van der Waals surface area contributed by atoms with E-state index < -0.39 is 6.61 Å². The van der Waals surface area contributed by atoms with Crippen LogP contribution in [0, 0.1) is 0 Å². The van der Waals surface area contributed by atoms with Crippen LogP contribution >= 0.6 is 11.3 Å². The largest absolute Gasteiger partial charge is 0.387 e. The molecule has 0 spiro atoms. The van der Waals surface area contributed by atoms with Crippen LogP contribution in [0.25, 0.3) is 32.5 Å². The first kappa shape index (κ1) is 23.3. The first-order valence-corrected chi connectivity index (χ1v) is 13.1. The summed E-state index contributed by atoms with van der Waals surface area (Å²) in [6, 6.07) is 8.44. The summed E-state index contributed by atoms with van der Waals surface area (Å²) in [5, 5.41) is 17.5. The number of hydrogen-bond acceptors (Lipinski definition) is 9. The number of fused-ring (bicyclic) bond motifs is 2. The zero-order valence-corrected chi connectivity index (χ0v) is 21.0. The van der Waals surface area contributed by atoms with Crippen LogP contribution in [0.15, 0.2) is 30.5 Å². The number of amides is 1. The summed E-state index contributed by atoms with van der Waals surface area (Å²) in [6.07, 6.45) is 1.83. The number of carbonyl (C=O) groups excluding carboxylic acids is 1. The fourth-order valence-electron chi connectivity index (χ4n) is 5.07. The molecule has 6 rings (SSSR count). The fourth-order valence-corrected chi connectivity index (χ4v) is 6.21. The van der Waals surface area contributed by atoms with Crippen molar-refractivity contribution in [3.63, 3.8) is 0 Å². The molecule has 188 valence electrons. The fraction of sp³-hybridized carbons (Fsp3) is 0.440. The van der Waals surface area contributed by atoms with Crippen LogP contribution in [0.5, 0.6) is 0 Å². The van der Waals surface area contributed by atoms with Gasteiger partial charge < -0.3 is 19.6 Å². The first-order chi connectivity index (χ1) is 17.6. The Kier molecular flexibility index (Phi) is 6.30. The Balaban J connectivity index is 1.36. The van der Waals surface area contributed by atoms with Crippen LogP contribution in [0.3, 0.4) is 0 Å². The third kappa shape index (κ3) is 4.32. The highest BCUT2D eigenvalue weighted by Gasteiger charge is 2.27. The molecular formula is C25H29N7O3S. The summed E-state index contributed by atoms with van der Waals surface area (Å²) in [6.45, 7) is 7.49. The van der Waals surface area contributed by atoms with Crippen molar-refractivity contribution in [3.8, 4) is 11.4 Å². The molecule has 2 N–H and O–H groups in total. The average Bonchev–Trinajstić information content (AvgIpc) is 3.56. The van der Waals surface area contributed by atoms with Crippen molar-refractivity contribution in [1.82, 2.24) is 30.0 Å². The van der Waals surface area contributed by atoms with Gasteiger partial charge >= 0.3 is 0 Å². The molecule has 1 atom stereocenters. The predicted molar refractivity (Wildman–Crippen MR) is 139 cm³/mol. The molecule has 36 heavy (non-hydrogen) atoms. The van der Waals surface area contributed by atoms with Gasteiger partial charge in [0.1, 0.15) is 6.61 Å². The summed E-state index contributed by atoms with van der Waals surface area (Å²) in [5.41, 5.74) is 2.87. The number of nitrogens with one attached hydrogen (secondary N) is 1. The second-order valence-corrected chi connectivity index (χ2v) is 10.5. The van der Waals surface area contributed by atoms with Crippen molar-refractivity contribution < 1.29 is 14.6 Å². The lowest BCUT2D eigenvalue weighted by Crippen LogP contribution is -2.53. The predicted octanol–water partition coefficient (Wildman–Crippen LogP) is 2.10. The number of carbonyl (C=O) groups is 1. The highest BCUT2D eigenvalue weighted by Crippen LogP contribution is 2.36. The number of rotatable bonds is 5. The number of anilines is 1. The van der Waals surface area contributed by atoms with Gasteiger partial charge in [-0.25, -0.2) is 9.97 Å². The normalized spacial score (nSPS) is 19.4. The number of benzene rings is 1. The number of thiophene rings is 1. The number of aromatic amines is 1. The third-order valence-electron chi connectivity index (χ3n) is 7.05. The van der Waals surface area contributed by atoms with E-state index in [0.717, 1.165) is 58.7 Å². The summed E-state index contributed by atoms with van der Waals surface area (Å²) < 4.78 is 6.70. The molecule has 2 aliphatic rings. The molecule has 0 radical (unpaired) electrons. The molecule has 0 saturated carbocycles. The van der Waals surface area contributed by atoms with Gasteiger partial charge in [-0.05, 0) is 19.1 Å². The Labute approximate surface area is 212 Å². The van der Waals surface area contributed by atoms with Crippen LogP contribution in [0.1, 0.15) is 11.8 Å². The van der Waals surface area contributed by atoms with Crippen molar-refractivity contribution in [2.45, 2.75) is 19.5 Å². The van der Waals surface area contributed by atoms with Crippen LogP contribution in [-0.4, -0.2) is 99.6 Å². The Bertz CT molecular complexity index is 1400. The van der Waals surface area contributed by atoms with Gasteiger partial charge in [-0.15, -0.1) is 11.3 Å². The summed E-state index contributed by atoms with van der Waals surface area (Å²) in [5.74, 6) is 1.46. The second-order valence-electron chi connectivity index (χ2n) is 9.35. The van der Waals surface area contributed by atoms with E-state index in [0.29, 0.717) is 32.1 Å². The highest BCUT2D eigenvalue weighted by molar-refractivity contribution is 7.19. The van der Waals surface area contributed by atoms with Crippen LogP contribution in [0.2, 0.25) is 0 Å². The van der Waals surface area contributed by atoms with Gasteiger partial charge in [0.15, 0.2) is 11.6 Å². The molecule has 4 aromatic rings. The maximum atomic E-state index is 11.9. The van der Waals surface area contributed by atoms with Crippen LogP contribution < -0.4 is 4.90 Å². The van der Waals surface area contributed by atoms with E-state index in [1.165, 1.54) is 4.88 Å². The molecule has 1 aromatic carbocycles. The number of hydrogen-bond donors (Lipinski definition) is 2. The molecule has 2 saturated heterocycles. The Morgan fingerprint density at radius 3 is 2.89 bits per heavy atom. The molecule has 10 nitrogen and oxygen atoms in total. The monoisotopic (exact) mass is 507 g/mol. The van der Waals surface area contributed by atoms with E-state index >= 15 is 0 Å². The van der Waals surface area contributed by atoms with Gasteiger partial charge in [0.2, 0.25) is 5.91 Å². The zero-order valence-electron chi connectivity index (χ0n) is 20.2. The lowest BCUT2D eigenvalue weighted by molar-refractivity contribution is -0.137. The van der Waals surface area contributed by atoms with Crippen LogP contribution in [0.4, 0.5) is 5.82 Å². The number of aliphatic hydroxyl groups excluding tert-OH is 1. The Morgan fingerprint density at radius 1 is 1.22 bits per heavy atom. The van der Waals surface area contributed by atoms with Gasteiger partial charge in [0.25, 0.3) is 0 Å². The lowest BCUT2D eigenvalue weighted by Gasteiger charge is -2.39. The van der Waals surface area contributed by atoms with Crippen LogP contribution in [-0.2, 0) is 16.1 Å². The van der Waals surface area contributed by atoms with Gasteiger partial charge in [-0.3, -0.25) is 14.8 Å². The number of piperazine rings is 1. The molecule has 3 aromatic heterocycles. The number of nitrogens with zero attached hydrogens (tertiary/aromatic N) is 6. The molecule has 2 aliphatic heterocycles. The zero-order chi connectivity index (χ0) is 24.6. The van der Waals surface area contributed by atoms with Crippen molar-refractivity contribution in [2.75, 3.05) is 57.4 Å². The standard InChI is InChI=1S/C25H29N7O3S/c1-16-13-32(22(34)15-33)6-5-31(16)14-17-11-21-23(36-17)25(30-7-9-35-10-8-30)28-24(27-21)18-3-2-4-20-19(18)12-26-29-20/h2-4,11-12,16,33H,5-10,13-15H2,1H3,(H,26,29)/t16-/m0/s1. The minimum absolute atomic E-state index is 0.200. The van der Waals surface area contributed by atoms with Gasteiger partial charge in [0, 0.05) is 61.1 Å². The molecular weight excluding hydrogens is 478 g/mol. The van der Waals surface area contributed by atoms with Crippen molar-refractivity contribution in [3.05, 3.63) is 35.3 Å². The van der Waals surface area contributed by atoms with E-state index in [4.69, 9.17) is 14.7 Å². The molecule has 11 heteroatoms.